The van der Waals surface area contributed by atoms with Crippen LogP contribution in [-0.2, 0) is 0 Å². The molecular formula is C10H12N2O4. The van der Waals surface area contributed by atoms with Crippen LogP contribution >= 0.6 is 0 Å². The molecule has 0 aliphatic carbocycles. The van der Waals surface area contributed by atoms with E-state index in [0.29, 0.717) is 18.9 Å². The number of nitro groups is 1. The zero-order valence-corrected chi connectivity index (χ0v) is 8.64. The van der Waals surface area contributed by atoms with Crippen molar-refractivity contribution in [2.75, 3.05) is 18.9 Å². The first-order valence-electron chi connectivity index (χ1n) is 5.02. The predicted molar refractivity (Wildman–Crippen MR) is 57.7 cm³/mol. The number of nitrogens with two attached hydrogens (primary N) is 1. The van der Waals surface area contributed by atoms with Crippen molar-refractivity contribution in [2.24, 2.45) is 0 Å². The molecule has 1 aliphatic heterocycles. The van der Waals surface area contributed by atoms with Crippen LogP contribution in [0.2, 0.25) is 0 Å². The molecule has 16 heavy (non-hydrogen) atoms. The molecule has 2 N–H and O–H groups in total. The Bertz CT molecular complexity index is 420. The third-order valence-electron chi connectivity index (χ3n) is 2.35. The minimum Gasteiger partial charge on any atom is -0.487 e. The normalized spacial score (nSPS) is 15.0. The van der Waals surface area contributed by atoms with E-state index in [1.165, 1.54) is 12.1 Å². The fraction of sp³-hybridized carbons (Fsp3) is 0.400. The van der Waals surface area contributed by atoms with E-state index in [2.05, 4.69) is 0 Å². The zero-order valence-electron chi connectivity index (χ0n) is 8.64. The molecule has 86 valence electrons. The molecule has 1 heterocycles. The summed E-state index contributed by atoms with van der Waals surface area (Å²) < 4.78 is 10.8. The number of ether oxygens (including phenoxy) is 2. The van der Waals surface area contributed by atoms with Crippen molar-refractivity contribution >= 4 is 11.4 Å². The van der Waals surface area contributed by atoms with E-state index in [9.17, 15) is 10.1 Å². The molecule has 1 aromatic carbocycles. The quantitative estimate of drug-likeness (QED) is 0.446. The van der Waals surface area contributed by atoms with Crippen LogP contribution in [0.3, 0.4) is 0 Å². The second kappa shape index (κ2) is 4.26. The Labute approximate surface area is 92.1 Å². The molecule has 0 saturated carbocycles. The largest absolute Gasteiger partial charge is 0.487 e. The lowest BCUT2D eigenvalue weighted by Gasteiger charge is -2.17. The first-order valence-corrected chi connectivity index (χ1v) is 5.02. The Morgan fingerprint density at radius 3 is 2.44 bits per heavy atom. The summed E-state index contributed by atoms with van der Waals surface area (Å²) in [5, 5.41) is 10.8. The SMILES string of the molecule is Nc1ccc([N+](=O)[O-])c2c1OCCCCO2. The average molecular weight is 224 g/mol. The minimum atomic E-state index is -0.497. The molecule has 1 aliphatic rings. The lowest BCUT2D eigenvalue weighted by atomic mass is 10.2. The summed E-state index contributed by atoms with van der Waals surface area (Å²) in [6.45, 7) is 0.947. The van der Waals surface area contributed by atoms with Crippen LogP contribution in [0.25, 0.3) is 0 Å². The summed E-state index contributed by atoms with van der Waals surface area (Å²) >= 11 is 0. The molecule has 0 amide bonds. The van der Waals surface area contributed by atoms with Gasteiger partial charge in [0, 0.05) is 6.07 Å². The van der Waals surface area contributed by atoms with Gasteiger partial charge >= 0.3 is 5.69 Å². The maximum Gasteiger partial charge on any atom is 0.315 e. The van der Waals surface area contributed by atoms with Gasteiger partial charge in [-0.15, -0.1) is 0 Å². The number of fused-ring (bicyclic) bond motifs is 1. The van der Waals surface area contributed by atoms with Crippen molar-refractivity contribution < 1.29 is 14.4 Å². The van der Waals surface area contributed by atoms with E-state index >= 15 is 0 Å². The highest BCUT2D eigenvalue weighted by atomic mass is 16.6. The number of nitrogens with zero attached hydrogens (tertiary/aromatic N) is 1. The van der Waals surface area contributed by atoms with Gasteiger partial charge in [0.15, 0.2) is 5.75 Å². The number of benzene rings is 1. The van der Waals surface area contributed by atoms with Gasteiger partial charge in [0.05, 0.1) is 23.8 Å². The topological polar surface area (TPSA) is 87.6 Å². The molecule has 0 fully saturated rings. The standard InChI is InChI=1S/C10H12N2O4/c11-7-3-4-8(12(13)14)10-9(7)15-5-1-2-6-16-10/h3-4H,1-2,5-6,11H2. The molecule has 0 saturated heterocycles. The van der Waals surface area contributed by atoms with Crippen LogP contribution in [0.1, 0.15) is 12.8 Å². The smallest absolute Gasteiger partial charge is 0.315 e. The molecule has 0 bridgehead atoms. The summed E-state index contributed by atoms with van der Waals surface area (Å²) in [5.74, 6) is 0.429. The van der Waals surface area contributed by atoms with Gasteiger partial charge in [-0.25, -0.2) is 0 Å². The Hall–Kier alpha value is -1.98. The number of hydrogen-bond acceptors (Lipinski definition) is 5. The fourth-order valence-corrected chi connectivity index (χ4v) is 1.55. The van der Waals surface area contributed by atoms with Gasteiger partial charge in [-0.05, 0) is 18.9 Å². The van der Waals surface area contributed by atoms with Gasteiger partial charge in [0.25, 0.3) is 0 Å². The molecule has 0 atom stereocenters. The summed E-state index contributed by atoms with van der Waals surface area (Å²) in [6.07, 6.45) is 1.66. The number of rotatable bonds is 1. The molecule has 0 radical (unpaired) electrons. The number of nitrogen functional groups attached to an aromatic ring is 1. The number of hydrogen-bond donors (Lipinski definition) is 1. The highest BCUT2D eigenvalue weighted by molar-refractivity contribution is 5.68. The molecule has 0 unspecified atom stereocenters. The van der Waals surface area contributed by atoms with Crippen LogP contribution in [0.15, 0.2) is 12.1 Å². The molecule has 6 heteroatoms. The molecule has 2 rings (SSSR count). The summed E-state index contributed by atoms with van der Waals surface area (Å²) in [6, 6.07) is 2.79. The van der Waals surface area contributed by atoms with Crippen molar-refractivity contribution in [1.82, 2.24) is 0 Å². The summed E-state index contributed by atoms with van der Waals surface area (Å²) in [5.41, 5.74) is 5.96. The summed E-state index contributed by atoms with van der Waals surface area (Å²) in [4.78, 5) is 10.3. The van der Waals surface area contributed by atoms with Gasteiger partial charge in [-0.2, -0.15) is 0 Å². The molecular weight excluding hydrogens is 212 g/mol. The van der Waals surface area contributed by atoms with Crippen LogP contribution in [0, 0.1) is 10.1 Å². The van der Waals surface area contributed by atoms with Crippen molar-refractivity contribution in [3.05, 3.63) is 22.2 Å². The van der Waals surface area contributed by atoms with Crippen molar-refractivity contribution in [2.45, 2.75) is 12.8 Å². The van der Waals surface area contributed by atoms with E-state index in [0.717, 1.165) is 12.8 Å². The van der Waals surface area contributed by atoms with E-state index in [-0.39, 0.29) is 17.2 Å². The van der Waals surface area contributed by atoms with E-state index in [1.807, 2.05) is 0 Å². The van der Waals surface area contributed by atoms with E-state index in [4.69, 9.17) is 15.2 Å². The second-order valence-corrected chi connectivity index (χ2v) is 3.49. The predicted octanol–water partition coefficient (Wildman–Crippen LogP) is 1.73. The highest BCUT2D eigenvalue weighted by Crippen LogP contribution is 2.42. The van der Waals surface area contributed by atoms with E-state index in [1.54, 1.807) is 0 Å². The molecule has 1 aromatic rings. The Balaban J connectivity index is 2.50. The molecule has 0 spiro atoms. The minimum absolute atomic E-state index is 0.105. The lowest BCUT2D eigenvalue weighted by molar-refractivity contribution is -0.386. The Morgan fingerprint density at radius 2 is 1.81 bits per heavy atom. The van der Waals surface area contributed by atoms with Gasteiger partial charge in [-0.1, -0.05) is 0 Å². The monoisotopic (exact) mass is 224 g/mol. The molecule has 6 nitrogen and oxygen atoms in total. The highest BCUT2D eigenvalue weighted by Gasteiger charge is 2.24. The third kappa shape index (κ3) is 1.86. The number of nitro benzene ring substituents is 1. The second-order valence-electron chi connectivity index (χ2n) is 3.49. The first kappa shape index (κ1) is 10.5. The van der Waals surface area contributed by atoms with Crippen molar-refractivity contribution in [3.63, 3.8) is 0 Å². The van der Waals surface area contributed by atoms with Crippen LogP contribution in [0.5, 0.6) is 11.5 Å². The van der Waals surface area contributed by atoms with Gasteiger partial charge in [-0.3, -0.25) is 10.1 Å². The maximum absolute atomic E-state index is 10.8. The average Bonchev–Trinajstić information content (AvgIpc) is 2.19. The van der Waals surface area contributed by atoms with E-state index < -0.39 is 4.92 Å². The van der Waals surface area contributed by atoms with Gasteiger partial charge in [0.2, 0.25) is 5.75 Å². The van der Waals surface area contributed by atoms with Gasteiger partial charge in [0.1, 0.15) is 0 Å². The zero-order chi connectivity index (χ0) is 11.5. The van der Waals surface area contributed by atoms with Crippen molar-refractivity contribution in [1.29, 1.82) is 0 Å². The molecule has 0 aromatic heterocycles. The summed E-state index contributed by atoms with van der Waals surface area (Å²) in [7, 11) is 0. The third-order valence-corrected chi connectivity index (χ3v) is 2.35. The van der Waals surface area contributed by atoms with Gasteiger partial charge < -0.3 is 15.2 Å². The van der Waals surface area contributed by atoms with Crippen molar-refractivity contribution in [3.8, 4) is 11.5 Å². The Kier molecular flexibility index (Phi) is 2.80. The first-order chi connectivity index (χ1) is 7.70. The van der Waals surface area contributed by atoms with Crippen LogP contribution < -0.4 is 15.2 Å². The van der Waals surface area contributed by atoms with Crippen LogP contribution in [-0.4, -0.2) is 18.1 Å². The number of anilines is 1. The fourth-order valence-electron chi connectivity index (χ4n) is 1.55. The maximum atomic E-state index is 10.8. The van der Waals surface area contributed by atoms with Crippen LogP contribution in [0.4, 0.5) is 11.4 Å². The Morgan fingerprint density at radius 1 is 1.19 bits per heavy atom. The lowest BCUT2D eigenvalue weighted by Crippen LogP contribution is -2.11.